The Morgan fingerprint density at radius 3 is 2.74 bits per heavy atom. The quantitative estimate of drug-likeness (QED) is 0.618. The fraction of sp³-hybridized carbons (Fsp3) is 0.0625. The first kappa shape index (κ1) is 10.8. The lowest BCUT2D eigenvalue weighted by Gasteiger charge is -2.11. The molecule has 0 saturated heterocycles. The molecule has 1 unspecified atom stereocenters. The van der Waals surface area contributed by atoms with E-state index in [1.165, 1.54) is 10.8 Å². The first-order valence-corrected chi connectivity index (χ1v) is 6.98. The van der Waals surface area contributed by atoms with E-state index in [1.54, 1.807) is 11.3 Å². The van der Waals surface area contributed by atoms with Crippen LogP contribution < -0.4 is 0 Å². The number of fused-ring (bicyclic) bond motifs is 2. The van der Waals surface area contributed by atoms with Crippen LogP contribution in [0.15, 0.2) is 53.9 Å². The van der Waals surface area contributed by atoms with E-state index in [9.17, 15) is 4.79 Å². The normalized spacial score (nSPS) is 17.5. The summed E-state index contributed by atoms with van der Waals surface area (Å²) in [4.78, 5) is 12.8. The maximum absolute atomic E-state index is 11.8. The Morgan fingerprint density at radius 1 is 1.00 bits per heavy atom. The van der Waals surface area contributed by atoms with Gasteiger partial charge in [-0.25, -0.2) is 4.79 Å². The van der Waals surface area contributed by atoms with Gasteiger partial charge in [0.05, 0.1) is 10.4 Å². The molecular weight excluding hydrogens is 256 g/mol. The average Bonchev–Trinajstić information content (AvgIpc) is 3.03. The Morgan fingerprint density at radius 2 is 1.84 bits per heavy atom. The van der Waals surface area contributed by atoms with E-state index in [-0.39, 0.29) is 12.1 Å². The van der Waals surface area contributed by atoms with Crippen LogP contribution in [-0.4, -0.2) is 5.97 Å². The minimum atomic E-state index is -0.243. The maximum Gasteiger partial charge on any atom is 0.340 e. The zero-order chi connectivity index (χ0) is 12.8. The average molecular weight is 266 g/mol. The summed E-state index contributed by atoms with van der Waals surface area (Å²) in [6.07, 6.45) is -0.243. The summed E-state index contributed by atoms with van der Waals surface area (Å²) < 4.78 is 5.48. The van der Waals surface area contributed by atoms with Gasteiger partial charge in [0.15, 0.2) is 6.10 Å². The van der Waals surface area contributed by atoms with Crippen molar-refractivity contribution in [2.45, 2.75) is 6.10 Å². The third kappa shape index (κ3) is 1.59. The molecule has 0 radical (unpaired) electrons. The number of benzene rings is 2. The number of esters is 1. The Bertz CT molecular complexity index is 788. The highest BCUT2D eigenvalue weighted by molar-refractivity contribution is 7.10. The topological polar surface area (TPSA) is 26.3 Å². The molecule has 2 heterocycles. The summed E-state index contributed by atoms with van der Waals surface area (Å²) in [6.45, 7) is 0. The molecule has 3 heteroatoms. The van der Waals surface area contributed by atoms with Gasteiger partial charge in [0.1, 0.15) is 0 Å². The molecule has 0 aliphatic carbocycles. The van der Waals surface area contributed by atoms with Gasteiger partial charge in [0, 0.05) is 0 Å². The summed E-state index contributed by atoms with van der Waals surface area (Å²) in [7, 11) is 0. The lowest BCUT2D eigenvalue weighted by Crippen LogP contribution is -2.00. The van der Waals surface area contributed by atoms with Gasteiger partial charge in [-0.2, -0.15) is 0 Å². The number of cyclic esters (lactones) is 1. The first-order chi connectivity index (χ1) is 9.33. The molecule has 0 bridgehead atoms. The molecule has 0 N–H and O–H groups in total. The predicted molar refractivity (Wildman–Crippen MR) is 75.5 cm³/mol. The minimum Gasteiger partial charge on any atom is -0.448 e. The Kier molecular flexibility index (Phi) is 2.23. The first-order valence-electron chi connectivity index (χ1n) is 6.10. The van der Waals surface area contributed by atoms with Crippen molar-refractivity contribution < 1.29 is 9.53 Å². The molecule has 4 rings (SSSR count). The van der Waals surface area contributed by atoms with Crippen molar-refractivity contribution in [1.82, 2.24) is 0 Å². The Balaban J connectivity index is 1.86. The molecule has 2 aromatic carbocycles. The minimum absolute atomic E-state index is 0.214. The highest BCUT2D eigenvalue weighted by Crippen LogP contribution is 2.39. The van der Waals surface area contributed by atoms with Crippen LogP contribution in [0.4, 0.5) is 0 Å². The van der Waals surface area contributed by atoms with E-state index in [0.29, 0.717) is 5.56 Å². The molecule has 19 heavy (non-hydrogen) atoms. The number of thiophene rings is 1. The summed E-state index contributed by atoms with van der Waals surface area (Å²) in [6, 6.07) is 16.2. The SMILES string of the molecule is O=C1OC(c2ccc3ccccc3c2)c2sccc21. The standard InChI is InChI=1S/C16H10O2S/c17-16-13-7-8-19-15(13)14(18-16)12-6-5-10-3-1-2-4-11(10)9-12/h1-9,14H. The number of ether oxygens (including phenoxy) is 1. The molecule has 92 valence electrons. The zero-order valence-corrected chi connectivity index (χ0v) is 10.8. The Hall–Kier alpha value is -2.13. The summed E-state index contributed by atoms with van der Waals surface area (Å²) in [5.74, 6) is -0.214. The molecule has 1 aromatic heterocycles. The fourth-order valence-electron chi connectivity index (χ4n) is 2.51. The lowest BCUT2D eigenvalue weighted by molar-refractivity contribution is 0.0458. The molecule has 0 spiro atoms. The van der Waals surface area contributed by atoms with Crippen molar-refractivity contribution in [3.05, 3.63) is 69.9 Å². The molecule has 1 atom stereocenters. The van der Waals surface area contributed by atoms with Gasteiger partial charge in [-0.3, -0.25) is 0 Å². The van der Waals surface area contributed by atoms with E-state index in [0.717, 1.165) is 10.4 Å². The summed E-state index contributed by atoms with van der Waals surface area (Å²) in [5.41, 5.74) is 1.75. The van der Waals surface area contributed by atoms with Crippen LogP contribution in [0.3, 0.4) is 0 Å². The Labute approximate surface area is 114 Å². The van der Waals surface area contributed by atoms with Crippen LogP contribution in [0.25, 0.3) is 10.8 Å². The van der Waals surface area contributed by atoms with Crippen LogP contribution in [0.5, 0.6) is 0 Å². The lowest BCUT2D eigenvalue weighted by atomic mass is 10.0. The second-order valence-corrected chi connectivity index (χ2v) is 5.54. The number of hydrogen-bond acceptors (Lipinski definition) is 3. The molecule has 0 fully saturated rings. The fourth-order valence-corrected chi connectivity index (χ4v) is 3.44. The van der Waals surface area contributed by atoms with E-state index in [2.05, 4.69) is 24.3 Å². The molecule has 1 aliphatic rings. The van der Waals surface area contributed by atoms with E-state index < -0.39 is 0 Å². The van der Waals surface area contributed by atoms with E-state index in [4.69, 9.17) is 4.74 Å². The second-order valence-electron chi connectivity index (χ2n) is 4.59. The molecule has 0 amide bonds. The zero-order valence-electron chi connectivity index (χ0n) is 10.00. The van der Waals surface area contributed by atoms with Crippen LogP contribution in [0.1, 0.15) is 26.9 Å². The molecule has 2 nitrogen and oxygen atoms in total. The molecular formula is C16H10O2S. The summed E-state index contributed by atoms with van der Waals surface area (Å²) >= 11 is 1.58. The van der Waals surface area contributed by atoms with Crippen molar-refractivity contribution in [3.8, 4) is 0 Å². The van der Waals surface area contributed by atoms with Crippen molar-refractivity contribution >= 4 is 28.1 Å². The van der Waals surface area contributed by atoms with Crippen molar-refractivity contribution in [3.63, 3.8) is 0 Å². The van der Waals surface area contributed by atoms with Crippen LogP contribution in [0.2, 0.25) is 0 Å². The van der Waals surface area contributed by atoms with Gasteiger partial charge in [-0.05, 0) is 33.8 Å². The number of rotatable bonds is 1. The van der Waals surface area contributed by atoms with Gasteiger partial charge in [-0.1, -0.05) is 36.4 Å². The van der Waals surface area contributed by atoms with Gasteiger partial charge < -0.3 is 4.74 Å². The van der Waals surface area contributed by atoms with Crippen molar-refractivity contribution in [2.75, 3.05) is 0 Å². The summed E-state index contributed by atoms with van der Waals surface area (Å²) in [5, 5.41) is 4.31. The smallest absolute Gasteiger partial charge is 0.340 e. The third-order valence-corrected chi connectivity index (χ3v) is 4.41. The number of hydrogen-bond donors (Lipinski definition) is 0. The number of carbonyl (C=O) groups excluding carboxylic acids is 1. The van der Waals surface area contributed by atoms with Crippen LogP contribution in [-0.2, 0) is 4.74 Å². The maximum atomic E-state index is 11.8. The van der Waals surface area contributed by atoms with Crippen LogP contribution >= 0.6 is 11.3 Å². The monoisotopic (exact) mass is 266 g/mol. The van der Waals surface area contributed by atoms with Gasteiger partial charge in [-0.15, -0.1) is 11.3 Å². The van der Waals surface area contributed by atoms with Crippen LogP contribution in [0, 0.1) is 0 Å². The highest BCUT2D eigenvalue weighted by atomic mass is 32.1. The van der Waals surface area contributed by atoms with Crippen molar-refractivity contribution in [2.24, 2.45) is 0 Å². The van der Waals surface area contributed by atoms with Gasteiger partial charge >= 0.3 is 5.97 Å². The van der Waals surface area contributed by atoms with Gasteiger partial charge in [0.2, 0.25) is 0 Å². The number of carbonyl (C=O) groups is 1. The molecule has 1 aliphatic heterocycles. The largest absolute Gasteiger partial charge is 0.448 e. The van der Waals surface area contributed by atoms with E-state index >= 15 is 0 Å². The van der Waals surface area contributed by atoms with Gasteiger partial charge in [0.25, 0.3) is 0 Å². The van der Waals surface area contributed by atoms with Crippen molar-refractivity contribution in [1.29, 1.82) is 0 Å². The highest BCUT2D eigenvalue weighted by Gasteiger charge is 2.33. The second kappa shape index (κ2) is 3.93. The third-order valence-electron chi connectivity index (χ3n) is 3.45. The predicted octanol–water partition coefficient (Wildman–Crippen LogP) is 4.16. The molecule has 3 aromatic rings. The molecule has 0 saturated carbocycles. The van der Waals surface area contributed by atoms with E-state index in [1.807, 2.05) is 29.6 Å².